The van der Waals surface area contributed by atoms with Gasteiger partial charge in [0.2, 0.25) is 5.91 Å². The maximum absolute atomic E-state index is 13.9. The Labute approximate surface area is 197 Å². The second-order valence-corrected chi connectivity index (χ2v) is 8.15. The SMILES string of the molecule is CCOC(=O)c1[nH]c2ccc(F)cc2c1NC(=O)[C@H](C)N1CCN(c2ccccc2OC)CC1. The lowest BCUT2D eigenvalue weighted by atomic mass is 10.1. The van der Waals surface area contributed by atoms with E-state index in [9.17, 15) is 14.0 Å². The number of piperazine rings is 1. The standard InChI is InChI=1S/C25H29FN4O4/c1-4-34-25(32)23-22(18-15-17(26)9-10-19(18)27-23)28-24(31)16(2)29-11-13-30(14-12-29)20-7-5-6-8-21(20)33-3/h5-10,15-16,27H,4,11-14H2,1-3H3,(H,28,31)/t16-/m0/s1. The smallest absolute Gasteiger partial charge is 0.356 e. The fraction of sp³-hybridized carbons (Fsp3) is 0.360. The number of esters is 1. The highest BCUT2D eigenvalue weighted by Gasteiger charge is 2.29. The lowest BCUT2D eigenvalue weighted by Crippen LogP contribution is -2.53. The highest BCUT2D eigenvalue weighted by molar-refractivity contribution is 6.11. The molecule has 1 aliphatic rings. The summed E-state index contributed by atoms with van der Waals surface area (Å²) in [4.78, 5) is 32.9. The second-order valence-electron chi connectivity index (χ2n) is 8.15. The Balaban J connectivity index is 1.48. The van der Waals surface area contributed by atoms with E-state index in [0.717, 1.165) is 24.5 Å². The lowest BCUT2D eigenvalue weighted by Gasteiger charge is -2.38. The van der Waals surface area contributed by atoms with Crippen molar-refractivity contribution in [1.82, 2.24) is 9.88 Å². The van der Waals surface area contributed by atoms with Gasteiger partial charge in [0.25, 0.3) is 0 Å². The molecule has 0 unspecified atom stereocenters. The molecule has 3 aromatic rings. The van der Waals surface area contributed by atoms with Crippen LogP contribution in [0, 0.1) is 5.82 Å². The molecule has 9 heteroatoms. The number of aromatic amines is 1. The van der Waals surface area contributed by atoms with Gasteiger partial charge < -0.3 is 24.7 Å². The average molecular weight is 469 g/mol. The number of hydrogen-bond acceptors (Lipinski definition) is 6. The van der Waals surface area contributed by atoms with Gasteiger partial charge in [-0.2, -0.15) is 0 Å². The van der Waals surface area contributed by atoms with Crippen LogP contribution in [0.25, 0.3) is 10.9 Å². The molecule has 1 atom stereocenters. The Hall–Kier alpha value is -3.59. The van der Waals surface area contributed by atoms with Crippen LogP contribution in [0.1, 0.15) is 24.3 Å². The van der Waals surface area contributed by atoms with Crippen LogP contribution in [0.5, 0.6) is 5.75 Å². The molecule has 2 N–H and O–H groups in total. The Morgan fingerprint density at radius 3 is 2.59 bits per heavy atom. The predicted molar refractivity (Wildman–Crippen MR) is 129 cm³/mol. The summed E-state index contributed by atoms with van der Waals surface area (Å²) >= 11 is 0. The number of H-pyrrole nitrogens is 1. The summed E-state index contributed by atoms with van der Waals surface area (Å²) < 4.78 is 24.5. The van der Waals surface area contributed by atoms with Gasteiger partial charge in [-0.3, -0.25) is 9.69 Å². The summed E-state index contributed by atoms with van der Waals surface area (Å²) in [6.07, 6.45) is 0. The number of halogens is 1. The molecule has 0 bridgehead atoms. The predicted octanol–water partition coefficient (Wildman–Crippen LogP) is 3.64. The number of aromatic nitrogens is 1. The second kappa shape index (κ2) is 10.1. The van der Waals surface area contributed by atoms with Crippen LogP contribution in [0.2, 0.25) is 0 Å². The summed E-state index contributed by atoms with van der Waals surface area (Å²) in [6.45, 7) is 6.55. The van der Waals surface area contributed by atoms with Crippen molar-refractivity contribution in [3.8, 4) is 5.75 Å². The molecular weight excluding hydrogens is 439 g/mol. The van der Waals surface area contributed by atoms with E-state index in [2.05, 4.69) is 20.1 Å². The minimum absolute atomic E-state index is 0.101. The quantitative estimate of drug-likeness (QED) is 0.515. The first-order valence-electron chi connectivity index (χ1n) is 11.3. The molecule has 0 saturated carbocycles. The summed E-state index contributed by atoms with van der Waals surface area (Å²) in [7, 11) is 1.66. The molecule has 1 saturated heterocycles. The van der Waals surface area contributed by atoms with Crippen LogP contribution in [0.3, 0.4) is 0 Å². The zero-order chi connectivity index (χ0) is 24.2. The highest BCUT2D eigenvalue weighted by atomic mass is 19.1. The topological polar surface area (TPSA) is 86.9 Å². The van der Waals surface area contributed by atoms with Crippen molar-refractivity contribution in [3.63, 3.8) is 0 Å². The van der Waals surface area contributed by atoms with Crippen molar-refractivity contribution in [1.29, 1.82) is 0 Å². The third-order valence-electron chi connectivity index (χ3n) is 6.16. The summed E-state index contributed by atoms with van der Waals surface area (Å²) in [5.74, 6) is -0.522. The third-order valence-corrected chi connectivity index (χ3v) is 6.16. The normalized spacial score (nSPS) is 15.2. The van der Waals surface area contributed by atoms with E-state index in [0.29, 0.717) is 24.0 Å². The maximum Gasteiger partial charge on any atom is 0.356 e. The van der Waals surface area contributed by atoms with E-state index in [-0.39, 0.29) is 23.9 Å². The molecule has 2 heterocycles. The minimum atomic E-state index is -0.604. The average Bonchev–Trinajstić information content (AvgIpc) is 3.21. The van der Waals surface area contributed by atoms with Crippen molar-refractivity contribution in [2.45, 2.75) is 19.9 Å². The number of ether oxygens (including phenoxy) is 2. The van der Waals surface area contributed by atoms with E-state index in [1.54, 1.807) is 14.0 Å². The van der Waals surface area contributed by atoms with Gasteiger partial charge in [-0.15, -0.1) is 0 Å². The van der Waals surface area contributed by atoms with Crippen molar-refractivity contribution < 1.29 is 23.5 Å². The van der Waals surface area contributed by atoms with E-state index < -0.39 is 17.8 Å². The highest BCUT2D eigenvalue weighted by Crippen LogP contribution is 2.31. The van der Waals surface area contributed by atoms with Crippen LogP contribution in [-0.4, -0.2) is 67.7 Å². The number of anilines is 2. The molecule has 0 aliphatic carbocycles. The summed E-state index contributed by atoms with van der Waals surface area (Å²) in [5.41, 5.74) is 1.90. The summed E-state index contributed by atoms with van der Waals surface area (Å²) in [6, 6.07) is 11.5. The molecule has 1 aliphatic heterocycles. The van der Waals surface area contributed by atoms with Gasteiger partial charge in [0.1, 0.15) is 17.3 Å². The van der Waals surface area contributed by atoms with Crippen molar-refractivity contribution in [2.75, 3.05) is 50.1 Å². The van der Waals surface area contributed by atoms with E-state index >= 15 is 0 Å². The Bertz CT molecular complexity index is 1190. The van der Waals surface area contributed by atoms with Gasteiger partial charge in [-0.1, -0.05) is 12.1 Å². The van der Waals surface area contributed by atoms with Crippen LogP contribution >= 0.6 is 0 Å². The molecule has 1 amide bonds. The monoisotopic (exact) mass is 468 g/mol. The van der Waals surface area contributed by atoms with Gasteiger partial charge in [0.15, 0.2) is 0 Å². The number of hydrogen-bond donors (Lipinski definition) is 2. The van der Waals surface area contributed by atoms with Crippen LogP contribution in [0.15, 0.2) is 42.5 Å². The lowest BCUT2D eigenvalue weighted by molar-refractivity contribution is -0.120. The van der Waals surface area contributed by atoms with Crippen molar-refractivity contribution in [2.24, 2.45) is 0 Å². The van der Waals surface area contributed by atoms with Gasteiger partial charge in [0, 0.05) is 37.1 Å². The molecule has 180 valence electrons. The largest absolute Gasteiger partial charge is 0.495 e. The zero-order valence-electron chi connectivity index (χ0n) is 19.6. The number of nitrogens with zero attached hydrogens (tertiary/aromatic N) is 2. The van der Waals surface area contributed by atoms with E-state index in [1.165, 1.54) is 18.2 Å². The molecule has 34 heavy (non-hydrogen) atoms. The number of rotatable bonds is 7. The molecule has 0 radical (unpaired) electrons. The summed E-state index contributed by atoms with van der Waals surface area (Å²) in [5, 5.41) is 3.27. The fourth-order valence-corrected chi connectivity index (χ4v) is 4.28. The Morgan fingerprint density at radius 1 is 1.15 bits per heavy atom. The van der Waals surface area contributed by atoms with E-state index in [1.807, 2.05) is 31.2 Å². The first kappa shape index (κ1) is 23.6. The third kappa shape index (κ3) is 4.70. The molecule has 2 aromatic carbocycles. The number of amides is 1. The van der Waals surface area contributed by atoms with Gasteiger partial charge >= 0.3 is 5.97 Å². The number of para-hydroxylation sites is 2. The minimum Gasteiger partial charge on any atom is -0.495 e. The maximum atomic E-state index is 13.9. The molecule has 8 nitrogen and oxygen atoms in total. The number of carbonyl (C=O) groups is 2. The van der Waals surface area contributed by atoms with Gasteiger partial charge in [0.05, 0.1) is 31.1 Å². The van der Waals surface area contributed by atoms with Crippen molar-refractivity contribution in [3.05, 3.63) is 54.0 Å². The molecule has 0 spiro atoms. The fourth-order valence-electron chi connectivity index (χ4n) is 4.28. The number of benzene rings is 2. The number of fused-ring (bicyclic) bond motifs is 1. The molecular formula is C25H29FN4O4. The molecule has 4 rings (SSSR count). The van der Waals surface area contributed by atoms with Gasteiger partial charge in [-0.05, 0) is 44.2 Å². The van der Waals surface area contributed by atoms with E-state index in [4.69, 9.17) is 9.47 Å². The molecule has 1 fully saturated rings. The van der Waals surface area contributed by atoms with Crippen LogP contribution in [0.4, 0.5) is 15.8 Å². The number of nitrogens with one attached hydrogen (secondary N) is 2. The Morgan fingerprint density at radius 2 is 1.88 bits per heavy atom. The van der Waals surface area contributed by atoms with Crippen LogP contribution < -0.4 is 15.0 Å². The number of carbonyl (C=O) groups excluding carboxylic acids is 2. The van der Waals surface area contributed by atoms with Gasteiger partial charge in [-0.25, -0.2) is 9.18 Å². The molecule has 1 aromatic heterocycles. The Kier molecular flexibility index (Phi) is 7.02. The first-order valence-corrected chi connectivity index (χ1v) is 11.3. The zero-order valence-corrected chi connectivity index (χ0v) is 19.6. The van der Waals surface area contributed by atoms with Crippen LogP contribution in [-0.2, 0) is 9.53 Å². The first-order chi connectivity index (χ1) is 16.4. The van der Waals surface area contributed by atoms with Crippen molar-refractivity contribution >= 4 is 34.2 Å². The number of methoxy groups -OCH3 is 1.